The monoisotopic (exact) mass is 587 g/mol. The molecular weight excluding hydrogens is 550 g/mol. The molecule has 226 valence electrons. The molecule has 0 radical (unpaired) electrons. The fourth-order valence-corrected chi connectivity index (χ4v) is 6.00. The van der Waals surface area contributed by atoms with E-state index in [1.807, 2.05) is 12.1 Å². The number of benzene rings is 1. The van der Waals surface area contributed by atoms with Gasteiger partial charge in [-0.05, 0) is 55.5 Å². The first-order valence-electron chi connectivity index (χ1n) is 14.8. The van der Waals surface area contributed by atoms with Crippen LogP contribution in [0.2, 0.25) is 0 Å². The number of aromatic nitrogens is 2. The van der Waals surface area contributed by atoms with Crippen LogP contribution in [-0.4, -0.2) is 55.8 Å². The van der Waals surface area contributed by atoms with Gasteiger partial charge in [0, 0.05) is 12.4 Å². The third-order valence-electron chi connectivity index (χ3n) is 8.39. The Kier molecular flexibility index (Phi) is 9.08. The smallest absolute Gasteiger partial charge is 0.340 e. The summed E-state index contributed by atoms with van der Waals surface area (Å²) in [5.74, 6) is -1.69. The van der Waals surface area contributed by atoms with Crippen molar-refractivity contribution in [1.82, 2.24) is 20.6 Å². The van der Waals surface area contributed by atoms with Crippen molar-refractivity contribution in [2.24, 2.45) is 4.99 Å². The number of cyclic esters (lactones) is 1. The first-order valence-corrected chi connectivity index (χ1v) is 14.8. The van der Waals surface area contributed by atoms with E-state index in [0.29, 0.717) is 30.0 Å². The van der Waals surface area contributed by atoms with Gasteiger partial charge in [0.15, 0.2) is 11.6 Å². The average Bonchev–Trinajstić information content (AvgIpc) is 3.81. The highest BCUT2D eigenvalue weighted by atomic mass is 16.6. The Morgan fingerprint density at radius 3 is 2.09 bits per heavy atom. The van der Waals surface area contributed by atoms with E-state index in [0.717, 1.165) is 50.6 Å². The molecule has 2 aliphatic carbocycles. The number of carboxylic acid groups (broad SMARTS) is 1. The molecule has 11 nitrogen and oxygen atoms in total. The average molecular weight is 588 g/mol. The highest BCUT2D eigenvalue weighted by Crippen LogP contribution is 2.37. The van der Waals surface area contributed by atoms with Gasteiger partial charge in [-0.25, -0.2) is 14.6 Å². The van der Waals surface area contributed by atoms with Crippen LogP contribution in [0.1, 0.15) is 92.0 Å². The van der Waals surface area contributed by atoms with E-state index in [1.54, 1.807) is 54.9 Å². The Morgan fingerprint density at radius 1 is 0.837 bits per heavy atom. The van der Waals surface area contributed by atoms with Crippen LogP contribution in [0.25, 0.3) is 0 Å². The molecule has 2 fully saturated rings. The van der Waals surface area contributed by atoms with Crippen molar-refractivity contribution in [2.45, 2.75) is 81.3 Å². The minimum atomic E-state index is -1.17. The van der Waals surface area contributed by atoms with E-state index in [2.05, 4.69) is 25.6 Å². The highest BCUT2D eigenvalue weighted by molar-refractivity contribution is 6.07. The number of carbonyl (C=O) groups excluding carboxylic acids is 3. The molecule has 2 aromatic heterocycles. The lowest BCUT2D eigenvalue weighted by Gasteiger charge is -2.37. The number of amides is 2. The van der Waals surface area contributed by atoms with Crippen molar-refractivity contribution in [3.05, 3.63) is 83.9 Å². The molecule has 0 unspecified atom stereocenters. The maximum atomic E-state index is 13.1. The summed E-state index contributed by atoms with van der Waals surface area (Å²) in [6, 6.07) is 14.5. The summed E-state index contributed by atoms with van der Waals surface area (Å²) in [5.41, 5.74) is -0.0388. The van der Waals surface area contributed by atoms with Crippen molar-refractivity contribution in [3.63, 3.8) is 0 Å². The van der Waals surface area contributed by atoms with E-state index in [9.17, 15) is 24.3 Å². The van der Waals surface area contributed by atoms with Gasteiger partial charge in [-0.15, -0.1) is 0 Å². The number of hydrogen-bond donors (Lipinski definition) is 5. The van der Waals surface area contributed by atoms with Gasteiger partial charge in [0.25, 0.3) is 5.91 Å². The topological polar surface area (TPSA) is 166 Å². The largest absolute Gasteiger partial charge is 0.479 e. The maximum absolute atomic E-state index is 13.1. The van der Waals surface area contributed by atoms with Crippen LogP contribution < -0.4 is 10.6 Å². The summed E-state index contributed by atoms with van der Waals surface area (Å²) in [4.78, 5) is 59.6. The van der Waals surface area contributed by atoms with Crippen molar-refractivity contribution in [3.8, 4) is 0 Å². The lowest BCUT2D eigenvalue weighted by atomic mass is 9.80. The summed E-state index contributed by atoms with van der Waals surface area (Å²) in [6.45, 7) is 0. The number of nitrogens with one attached hydrogen (secondary N) is 4. The number of carboxylic acids is 1. The van der Waals surface area contributed by atoms with Gasteiger partial charge in [0.1, 0.15) is 16.9 Å². The number of aromatic amines is 2. The minimum absolute atomic E-state index is 0.170. The van der Waals surface area contributed by atoms with Gasteiger partial charge >= 0.3 is 11.9 Å². The lowest BCUT2D eigenvalue weighted by Crippen LogP contribution is -2.60. The third kappa shape index (κ3) is 6.71. The van der Waals surface area contributed by atoms with Crippen LogP contribution in [0.5, 0.6) is 0 Å². The van der Waals surface area contributed by atoms with Crippen molar-refractivity contribution in [2.75, 3.05) is 0 Å². The third-order valence-corrected chi connectivity index (χ3v) is 8.39. The molecule has 1 atom stereocenters. The predicted octanol–water partition coefficient (Wildman–Crippen LogP) is 4.41. The Bertz CT molecular complexity index is 1440. The fourth-order valence-electron chi connectivity index (χ4n) is 6.00. The van der Waals surface area contributed by atoms with Gasteiger partial charge < -0.3 is 30.4 Å². The van der Waals surface area contributed by atoms with Gasteiger partial charge in [-0.2, -0.15) is 0 Å². The van der Waals surface area contributed by atoms with Gasteiger partial charge in [-0.1, -0.05) is 68.9 Å². The zero-order valence-corrected chi connectivity index (χ0v) is 23.9. The Hall–Kier alpha value is -4.67. The number of H-pyrrole nitrogens is 2. The number of hydrogen-bond acceptors (Lipinski definition) is 6. The fraction of sp³-hybridized carbons (Fsp3) is 0.406. The van der Waals surface area contributed by atoms with Crippen LogP contribution in [-0.2, 0) is 19.1 Å². The molecule has 3 aliphatic rings. The molecule has 43 heavy (non-hydrogen) atoms. The molecule has 2 saturated carbocycles. The highest BCUT2D eigenvalue weighted by Gasteiger charge is 2.47. The summed E-state index contributed by atoms with van der Waals surface area (Å²) in [6.07, 6.45) is 12.0. The molecule has 1 aromatic carbocycles. The Labute approximate surface area is 249 Å². The number of aliphatic carboxylic acids is 1. The molecule has 1 spiro atoms. The molecule has 3 heterocycles. The Balaban J connectivity index is 0.000000194. The number of nitrogens with zero attached hydrogens (tertiary/aromatic N) is 1. The van der Waals surface area contributed by atoms with Gasteiger partial charge in [-0.3, -0.25) is 9.59 Å². The molecule has 5 N–H and O–H groups in total. The summed E-state index contributed by atoms with van der Waals surface area (Å²) in [5, 5.41) is 15.1. The second-order valence-corrected chi connectivity index (χ2v) is 11.3. The van der Waals surface area contributed by atoms with Crippen LogP contribution in [0, 0.1) is 0 Å². The first kappa shape index (κ1) is 29.8. The number of esters is 1. The SMILES string of the molecule is O=C(NC1(C(=O)N[C@H](C(=O)O)c2ccccc2)CCCCC1)c1ccc[nH]1.O=C1OC(c2ccc[nH]2)=NC12CCCCC2. The molecule has 2 amide bonds. The second kappa shape index (κ2) is 13.1. The molecule has 3 aromatic rings. The second-order valence-electron chi connectivity index (χ2n) is 11.3. The van der Waals surface area contributed by atoms with Crippen LogP contribution in [0.3, 0.4) is 0 Å². The van der Waals surface area contributed by atoms with Gasteiger partial charge in [0.05, 0.1) is 0 Å². The predicted molar refractivity (Wildman–Crippen MR) is 158 cm³/mol. The molecular formula is C32H37N5O6. The number of carbonyl (C=O) groups is 4. The Morgan fingerprint density at radius 2 is 1.49 bits per heavy atom. The number of aliphatic imine (C=N–C) groups is 1. The van der Waals surface area contributed by atoms with E-state index in [-0.39, 0.29) is 11.9 Å². The molecule has 0 saturated heterocycles. The lowest BCUT2D eigenvalue weighted by molar-refractivity contribution is -0.143. The molecule has 6 rings (SSSR count). The normalized spacial score (nSPS) is 19.3. The summed E-state index contributed by atoms with van der Waals surface area (Å²) in [7, 11) is 0. The number of ether oxygens (including phenoxy) is 1. The first-order chi connectivity index (χ1) is 20.8. The van der Waals surface area contributed by atoms with Crippen molar-refractivity contribution < 1.29 is 29.0 Å². The summed E-state index contributed by atoms with van der Waals surface area (Å²) >= 11 is 0. The standard InChI is InChI=1S/C20H23N3O4.C12H14N2O2/c24-17(15-10-7-13-21-15)23-20(11-5-2-6-12-20)19(27)22-16(18(25)26)14-8-3-1-4-9-14;15-11-12(6-2-1-3-7-12)14-10(16-11)9-5-4-8-13-9/h1,3-4,7-10,13,16,21H,2,5-6,11-12H2,(H,22,27)(H,23,24)(H,25,26);4-5,8,13H,1-3,6-7H2/t16-;/m0./s1. The molecule has 11 heteroatoms. The van der Waals surface area contributed by atoms with Crippen LogP contribution >= 0.6 is 0 Å². The zero-order valence-electron chi connectivity index (χ0n) is 23.9. The van der Waals surface area contributed by atoms with E-state index in [1.165, 1.54) is 6.42 Å². The van der Waals surface area contributed by atoms with Crippen LogP contribution in [0.4, 0.5) is 0 Å². The van der Waals surface area contributed by atoms with E-state index in [4.69, 9.17) is 4.74 Å². The van der Waals surface area contributed by atoms with E-state index < -0.39 is 29.0 Å². The van der Waals surface area contributed by atoms with Gasteiger partial charge in [0.2, 0.25) is 11.8 Å². The number of rotatable bonds is 7. The van der Waals surface area contributed by atoms with E-state index >= 15 is 0 Å². The maximum Gasteiger partial charge on any atom is 0.340 e. The van der Waals surface area contributed by atoms with Crippen LogP contribution in [0.15, 0.2) is 72.0 Å². The summed E-state index contributed by atoms with van der Waals surface area (Å²) < 4.78 is 5.28. The molecule has 1 aliphatic heterocycles. The quantitative estimate of drug-likeness (QED) is 0.257. The van der Waals surface area contributed by atoms with Crippen molar-refractivity contribution >= 4 is 29.7 Å². The zero-order chi connectivity index (χ0) is 30.3. The molecule has 0 bridgehead atoms. The van der Waals surface area contributed by atoms with Crippen molar-refractivity contribution in [1.29, 1.82) is 0 Å². The minimum Gasteiger partial charge on any atom is -0.479 e.